The molecular formula is C15H17NO4. The number of hydrogen-bond acceptors (Lipinski definition) is 4. The summed E-state index contributed by atoms with van der Waals surface area (Å²) >= 11 is 0. The standard InChI is InChI=1S/C15H17NO4/c1-4-19-14-12-9-7-6-8-11(12)13(10(3)16(14)18)15(17)20-5-2/h6-9H,4-5H2,1-3H3. The Bertz CT molecular complexity index is 652. The van der Waals surface area contributed by atoms with Gasteiger partial charge in [0, 0.05) is 12.3 Å². The molecule has 5 nitrogen and oxygen atoms in total. The fourth-order valence-corrected chi connectivity index (χ4v) is 2.18. The van der Waals surface area contributed by atoms with E-state index in [4.69, 9.17) is 9.47 Å². The maximum atomic E-state index is 12.3. The molecule has 106 valence electrons. The van der Waals surface area contributed by atoms with Crippen molar-refractivity contribution in [3.05, 3.63) is 40.7 Å². The van der Waals surface area contributed by atoms with Gasteiger partial charge in [0.15, 0.2) is 0 Å². The lowest BCUT2D eigenvalue weighted by Crippen LogP contribution is -2.35. The van der Waals surface area contributed by atoms with Gasteiger partial charge in [0.25, 0.3) is 0 Å². The molecule has 0 unspecified atom stereocenters. The smallest absolute Gasteiger partial charge is 0.387 e. The Morgan fingerprint density at radius 2 is 1.85 bits per heavy atom. The summed E-state index contributed by atoms with van der Waals surface area (Å²) in [5, 5.41) is 13.6. The molecule has 20 heavy (non-hydrogen) atoms. The van der Waals surface area contributed by atoms with Crippen molar-refractivity contribution in [2.45, 2.75) is 20.8 Å². The first kappa shape index (κ1) is 14.1. The van der Waals surface area contributed by atoms with E-state index in [-0.39, 0.29) is 18.2 Å². The van der Waals surface area contributed by atoms with Gasteiger partial charge in [0.1, 0.15) is 5.56 Å². The average molecular weight is 275 g/mol. The number of rotatable bonds is 4. The number of esters is 1. The van der Waals surface area contributed by atoms with Crippen molar-refractivity contribution < 1.29 is 19.0 Å². The van der Waals surface area contributed by atoms with Crippen molar-refractivity contribution in [2.24, 2.45) is 0 Å². The highest BCUT2D eigenvalue weighted by Crippen LogP contribution is 2.27. The molecule has 0 fully saturated rings. The summed E-state index contributed by atoms with van der Waals surface area (Å²) in [6, 6.07) is 7.17. The number of pyridine rings is 1. The normalized spacial score (nSPS) is 10.6. The Labute approximate surface area is 117 Å². The highest BCUT2D eigenvalue weighted by atomic mass is 16.6. The third kappa shape index (κ3) is 2.27. The molecule has 2 rings (SSSR count). The minimum atomic E-state index is -0.492. The predicted molar refractivity (Wildman–Crippen MR) is 74.8 cm³/mol. The number of fused-ring (bicyclic) bond motifs is 1. The summed E-state index contributed by atoms with van der Waals surface area (Å²) < 4.78 is 11.1. The summed E-state index contributed by atoms with van der Waals surface area (Å²) in [6.07, 6.45) is 0. The third-order valence-electron chi connectivity index (χ3n) is 3.04. The van der Waals surface area contributed by atoms with Crippen LogP contribution in [0.4, 0.5) is 0 Å². The molecule has 0 amide bonds. The van der Waals surface area contributed by atoms with E-state index in [0.29, 0.717) is 27.7 Å². The number of carbonyl (C=O) groups excluding carboxylic acids is 1. The van der Waals surface area contributed by atoms with Crippen LogP contribution in [0.25, 0.3) is 10.8 Å². The van der Waals surface area contributed by atoms with E-state index in [2.05, 4.69) is 0 Å². The molecule has 0 bridgehead atoms. The van der Waals surface area contributed by atoms with Gasteiger partial charge in [-0.05, 0) is 19.9 Å². The van der Waals surface area contributed by atoms with Crippen molar-refractivity contribution in [2.75, 3.05) is 13.2 Å². The van der Waals surface area contributed by atoms with Crippen molar-refractivity contribution in [3.8, 4) is 5.88 Å². The fraction of sp³-hybridized carbons (Fsp3) is 0.333. The van der Waals surface area contributed by atoms with Crippen molar-refractivity contribution in [1.29, 1.82) is 0 Å². The lowest BCUT2D eigenvalue weighted by Gasteiger charge is -2.14. The Morgan fingerprint density at radius 1 is 1.20 bits per heavy atom. The summed E-state index contributed by atoms with van der Waals surface area (Å²) in [5.41, 5.74) is 0.575. The second kappa shape index (κ2) is 5.77. The largest absolute Gasteiger partial charge is 0.616 e. The molecule has 0 spiro atoms. The van der Waals surface area contributed by atoms with Crippen LogP contribution in [0.5, 0.6) is 5.88 Å². The van der Waals surface area contributed by atoms with E-state index < -0.39 is 5.97 Å². The molecule has 0 aliphatic heterocycles. The minimum absolute atomic E-state index is 0.216. The van der Waals surface area contributed by atoms with Crippen LogP contribution in [0.3, 0.4) is 0 Å². The molecule has 0 saturated carbocycles. The van der Waals surface area contributed by atoms with E-state index in [0.717, 1.165) is 0 Å². The topological polar surface area (TPSA) is 62.5 Å². The molecule has 0 saturated heterocycles. The second-order valence-electron chi connectivity index (χ2n) is 4.26. The first-order valence-electron chi connectivity index (χ1n) is 6.56. The van der Waals surface area contributed by atoms with Gasteiger partial charge in [0.2, 0.25) is 5.69 Å². The van der Waals surface area contributed by atoms with E-state index in [1.807, 2.05) is 13.0 Å². The van der Waals surface area contributed by atoms with Crippen molar-refractivity contribution in [3.63, 3.8) is 0 Å². The van der Waals surface area contributed by atoms with Crippen LogP contribution in [0.1, 0.15) is 29.9 Å². The van der Waals surface area contributed by atoms with Gasteiger partial charge in [-0.2, -0.15) is 0 Å². The van der Waals surface area contributed by atoms with Gasteiger partial charge in [-0.3, -0.25) is 0 Å². The van der Waals surface area contributed by atoms with Gasteiger partial charge in [-0.15, -0.1) is 4.73 Å². The summed E-state index contributed by atoms with van der Waals surface area (Å²) in [6.45, 7) is 5.77. The first-order valence-corrected chi connectivity index (χ1v) is 6.56. The third-order valence-corrected chi connectivity index (χ3v) is 3.04. The Hall–Kier alpha value is -2.30. The van der Waals surface area contributed by atoms with Gasteiger partial charge in [0.05, 0.1) is 18.6 Å². The SMILES string of the molecule is CCOC(=O)c1c(C)[n+]([O-])c(OCC)c2ccccc12. The molecule has 0 atom stereocenters. The zero-order valence-corrected chi connectivity index (χ0v) is 11.8. The van der Waals surface area contributed by atoms with Gasteiger partial charge in [-0.25, -0.2) is 4.79 Å². The van der Waals surface area contributed by atoms with E-state index in [1.54, 1.807) is 32.0 Å². The molecule has 0 radical (unpaired) electrons. The summed E-state index contributed by atoms with van der Waals surface area (Å²) in [7, 11) is 0. The van der Waals surface area contributed by atoms with Crippen LogP contribution in [0.15, 0.2) is 24.3 Å². The fourth-order valence-electron chi connectivity index (χ4n) is 2.18. The quantitative estimate of drug-likeness (QED) is 0.488. The minimum Gasteiger partial charge on any atom is -0.616 e. The molecule has 1 aromatic carbocycles. The maximum Gasteiger partial charge on any atom is 0.387 e. The Morgan fingerprint density at radius 3 is 2.45 bits per heavy atom. The molecule has 1 aromatic heterocycles. The Kier molecular flexibility index (Phi) is 4.08. The van der Waals surface area contributed by atoms with E-state index in [9.17, 15) is 10.0 Å². The van der Waals surface area contributed by atoms with Gasteiger partial charge >= 0.3 is 11.8 Å². The number of ether oxygens (including phenoxy) is 2. The number of hydrogen-bond donors (Lipinski definition) is 0. The van der Waals surface area contributed by atoms with Crippen LogP contribution in [-0.2, 0) is 4.74 Å². The zero-order chi connectivity index (χ0) is 14.7. The van der Waals surface area contributed by atoms with Crippen LogP contribution >= 0.6 is 0 Å². The van der Waals surface area contributed by atoms with E-state index in [1.165, 1.54) is 0 Å². The lowest BCUT2D eigenvalue weighted by molar-refractivity contribution is -0.618. The number of carbonyl (C=O) groups is 1. The lowest BCUT2D eigenvalue weighted by atomic mass is 10.0. The molecule has 5 heteroatoms. The second-order valence-corrected chi connectivity index (χ2v) is 4.26. The monoisotopic (exact) mass is 275 g/mol. The van der Waals surface area contributed by atoms with Gasteiger partial charge < -0.3 is 14.7 Å². The predicted octanol–water partition coefficient (Wildman–Crippen LogP) is 2.36. The molecule has 0 aliphatic rings. The average Bonchev–Trinajstić information content (AvgIpc) is 2.44. The molecule has 1 heterocycles. The molecular weight excluding hydrogens is 258 g/mol. The first-order chi connectivity index (χ1) is 9.61. The highest BCUT2D eigenvalue weighted by Gasteiger charge is 2.26. The Balaban J connectivity index is 2.79. The molecule has 0 aliphatic carbocycles. The van der Waals surface area contributed by atoms with Crippen molar-refractivity contribution in [1.82, 2.24) is 0 Å². The van der Waals surface area contributed by atoms with Crippen LogP contribution in [-0.4, -0.2) is 19.2 Å². The maximum absolute atomic E-state index is 12.3. The zero-order valence-electron chi connectivity index (χ0n) is 11.8. The van der Waals surface area contributed by atoms with Crippen LogP contribution in [0, 0.1) is 12.1 Å². The van der Waals surface area contributed by atoms with Crippen molar-refractivity contribution >= 4 is 16.7 Å². The summed E-state index contributed by atoms with van der Waals surface area (Å²) in [4.78, 5) is 12.1. The number of nitrogens with zero attached hydrogens (tertiary/aromatic N) is 1. The molecule has 2 aromatic rings. The number of benzene rings is 1. The highest BCUT2D eigenvalue weighted by molar-refractivity contribution is 6.05. The molecule has 0 N–H and O–H groups in total. The van der Waals surface area contributed by atoms with Gasteiger partial charge in [-0.1, -0.05) is 18.2 Å². The summed E-state index contributed by atoms with van der Waals surface area (Å²) in [5.74, 6) is -0.275. The number of aromatic nitrogens is 1. The van der Waals surface area contributed by atoms with Crippen LogP contribution in [0.2, 0.25) is 0 Å². The van der Waals surface area contributed by atoms with Crippen LogP contribution < -0.4 is 9.47 Å². The van der Waals surface area contributed by atoms with E-state index >= 15 is 0 Å².